The number of hydrogen-bond acceptors (Lipinski definition) is 4. The molecule has 2 aliphatic heterocycles. The van der Waals surface area contributed by atoms with E-state index >= 15 is 0 Å². The molecule has 0 saturated carbocycles. The number of nitrogens with zero attached hydrogens (tertiary/aromatic N) is 2. The summed E-state index contributed by atoms with van der Waals surface area (Å²) < 4.78 is 11.8. The van der Waals surface area contributed by atoms with E-state index in [1.165, 1.54) is 11.1 Å². The Morgan fingerprint density at radius 1 is 0.966 bits per heavy atom. The van der Waals surface area contributed by atoms with Crippen LogP contribution in [0.4, 0.5) is 5.69 Å². The van der Waals surface area contributed by atoms with E-state index in [0.29, 0.717) is 31.5 Å². The van der Waals surface area contributed by atoms with Crippen LogP contribution in [0.2, 0.25) is 0 Å². The first-order valence-electron chi connectivity index (χ1n) is 10.8. The first-order chi connectivity index (χ1) is 14.3. The molecule has 5 rings (SSSR count). The van der Waals surface area contributed by atoms with Gasteiger partial charge < -0.3 is 19.3 Å². The van der Waals surface area contributed by atoms with Crippen molar-refractivity contribution in [1.29, 1.82) is 0 Å². The Hall–Kier alpha value is -2.69. The highest BCUT2D eigenvalue weighted by Gasteiger charge is 2.28. The number of piperazine rings is 1. The van der Waals surface area contributed by atoms with Crippen molar-refractivity contribution in [3.05, 3.63) is 53.6 Å². The zero-order valence-electron chi connectivity index (χ0n) is 16.8. The fourth-order valence-corrected chi connectivity index (χ4v) is 4.70. The van der Waals surface area contributed by atoms with Crippen molar-refractivity contribution in [3.8, 4) is 11.5 Å². The fourth-order valence-electron chi connectivity index (χ4n) is 4.70. The highest BCUT2D eigenvalue weighted by molar-refractivity contribution is 5.77. The number of benzene rings is 2. The summed E-state index contributed by atoms with van der Waals surface area (Å²) in [6, 6.07) is 14.7. The van der Waals surface area contributed by atoms with Gasteiger partial charge in [0.25, 0.3) is 0 Å². The van der Waals surface area contributed by atoms with Crippen molar-refractivity contribution in [2.24, 2.45) is 0 Å². The molecule has 2 aromatic carbocycles. The maximum absolute atomic E-state index is 12.7. The molecule has 0 radical (unpaired) electrons. The van der Waals surface area contributed by atoms with Crippen LogP contribution < -0.4 is 14.4 Å². The van der Waals surface area contributed by atoms with E-state index in [2.05, 4.69) is 35.2 Å². The summed E-state index contributed by atoms with van der Waals surface area (Å²) in [7, 11) is 0. The van der Waals surface area contributed by atoms with E-state index in [1.807, 2.05) is 17.0 Å². The lowest BCUT2D eigenvalue weighted by atomic mass is 9.75. The van der Waals surface area contributed by atoms with E-state index < -0.39 is 0 Å². The molecule has 0 aromatic heterocycles. The predicted molar refractivity (Wildman–Crippen MR) is 113 cm³/mol. The first-order valence-corrected chi connectivity index (χ1v) is 10.8. The van der Waals surface area contributed by atoms with Crippen LogP contribution in [-0.2, 0) is 11.2 Å². The highest BCUT2D eigenvalue weighted by atomic mass is 16.5. The maximum Gasteiger partial charge on any atom is 0.222 e. The van der Waals surface area contributed by atoms with Crippen molar-refractivity contribution in [3.63, 3.8) is 0 Å². The Bertz CT molecular complexity index is 889. The van der Waals surface area contributed by atoms with Crippen LogP contribution in [0, 0.1) is 0 Å². The number of carbonyl (C=O) groups excluding carboxylic acids is 1. The lowest BCUT2D eigenvalue weighted by Crippen LogP contribution is -2.49. The molecule has 1 saturated heterocycles. The summed E-state index contributed by atoms with van der Waals surface area (Å²) in [6.45, 7) is 4.59. The summed E-state index contributed by atoms with van der Waals surface area (Å²) in [5.41, 5.74) is 3.98. The van der Waals surface area contributed by atoms with Gasteiger partial charge in [0.2, 0.25) is 5.91 Å². The Morgan fingerprint density at radius 2 is 1.79 bits per heavy atom. The molecule has 152 valence electrons. The molecule has 29 heavy (non-hydrogen) atoms. The molecule has 5 heteroatoms. The van der Waals surface area contributed by atoms with E-state index in [0.717, 1.165) is 62.6 Å². The molecule has 1 amide bonds. The van der Waals surface area contributed by atoms with Gasteiger partial charge in [-0.1, -0.05) is 30.3 Å². The Labute approximate surface area is 172 Å². The molecular weight excluding hydrogens is 364 g/mol. The third-order valence-corrected chi connectivity index (χ3v) is 6.39. The van der Waals surface area contributed by atoms with E-state index in [-0.39, 0.29) is 0 Å². The molecule has 2 aromatic rings. The molecule has 0 N–H and O–H groups in total. The minimum atomic E-state index is 0.292. The van der Waals surface area contributed by atoms with Crippen molar-refractivity contribution in [1.82, 2.24) is 4.90 Å². The van der Waals surface area contributed by atoms with Gasteiger partial charge in [-0.25, -0.2) is 0 Å². The average molecular weight is 392 g/mol. The number of anilines is 1. The zero-order chi connectivity index (χ0) is 19.6. The van der Waals surface area contributed by atoms with Crippen LogP contribution in [0.3, 0.4) is 0 Å². The number of amides is 1. The van der Waals surface area contributed by atoms with Crippen molar-refractivity contribution in [2.75, 3.05) is 44.3 Å². The number of carbonyl (C=O) groups is 1. The monoisotopic (exact) mass is 392 g/mol. The van der Waals surface area contributed by atoms with Gasteiger partial charge in [-0.2, -0.15) is 0 Å². The van der Waals surface area contributed by atoms with Gasteiger partial charge in [-0.15, -0.1) is 0 Å². The molecule has 3 aliphatic rings. The smallest absolute Gasteiger partial charge is 0.222 e. The van der Waals surface area contributed by atoms with Gasteiger partial charge in [0, 0.05) is 39.0 Å². The molecule has 1 fully saturated rings. The topological polar surface area (TPSA) is 42.0 Å². The first kappa shape index (κ1) is 18.3. The summed E-state index contributed by atoms with van der Waals surface area (Å²) in [5.74, 6) is 2.54. The number of hydrogen-bond donors (Lipinski definition) is 0. The molecule has 1 atom stereocenters. The second-order valence-corrected chi connectivity index (χ2v) is 8.16. The Balaban J connectivity index is 1.16. The van der Waals surface area contributed by atoms with Crippen LogP contribution in [-0.4, -0.2) is 50.2 Å². The largest absolute Gasteiger partial charge is 0.489 e. The minimum absolute atomic E-state index is 0.292. The van der Waals surface area contributed by atoms with Gasteiger partial charge in [0.05, 0.1) is 18.9 Å². The standard InChI is InChI=1S/C24H28N2O3/c27-23(10-9-19-17-18-5-1-2-6-20(18)19)26-13-11-25(12-14-26)21-7-3-8-22-24(21)29-16-4-15-28-22/h1-3,5-8,19H,4,9-17H2. The molecule has 2 heterocycles. The number of fused-ring (bicyclic) bond motifs is 2. The summed E-state index contributed by atoms with van der Waals surface area (Å²) in [6.07, 6.45) is 3.64. The highest BCUT2D eigenvalue weighted by Crippen LogP contribution is 2.40. The fraction of sp³-hybridized carbons (Fsp3) is 0.458. The molecule has 1 unspecified atom stereocenters. The lowest BCUT2D eigenvalue weighted by Gasteiger charge is -2.37. The third-order valence-electron chi connectivity index (χ3n) is 6.39. The van der Waals surface area contributed by atoms with Crippen LogP contribution in [0.5, 0.6) is 11.5 Å². The normalized spacial score (nSPS) is 20.5. The summed E-state index contributed by atoms with van der Waals surface area (Å²) >= 11 is 0. The quantitative estimate of drug-likeness (QED) is 0.797. The van der Waals surface area contributed by atoms with Crippen molar-refractivity contribution in [2.45, 2.75) is 31.6 Å². The van der Waals surface area contributed by atoms with Crippen LogP contribution in [0.1, 0.15) is 36.3 Å². The molecule has 0 bridgehead atoms. The molecule has 0 spiro atoms. The van der Waals surface area contributed by atoms with Crippen LogP contribution in [0.15, 0.2) is 42.5 Å². The van der Waals surface area contributed by atoms with Crippen LogP contribution in [0.25, 0.3) is 0 Å². The van der Waals surface area contributed by atoms with Crippen LogP contribution >= 0.6 is 0 Å². The number of rotatable bonds is 4. The van der Waals surface area contributed by atoms with E-state index in [1.54, 1.807) is 0 Å². The van der Waals surface area contributed by atoms with Gasteiger partial charge in [-0.3, -0.25) is 4.79 Å². The summed E-state index contributed by atoms with van der Waals surface area (Å²) in [4.78, 5) is 17.1. The van der Waals surface area contributed by atoms with Crippen molar-refractivity contribution < 1.29 is 14.3 Å². The van der Waals surface area contributed by atoms with Gasteiger partial charge in [-0.05, 0) is 42.0 Å². The Morgan fingerprint density at radius 3 is 2.66 bits per heavy atom. The van der Waals surface area contributed by atoms with E-state index in [9.17, 15) is 4.79 Å². The third kappa shape index (κ3) is 3.66. The van der Waals surface area contributed by atoms with Gasteiger partial charge in [0.1, 0.15) is 0 Å². The van der Waals surface area contributed by atoms with Crippen molar-refractivity contribution >= 4 is 11.6 Å². The molecular formula is C24H28N2O3. The van der Waals surface area contributed by atoms with Gasteiger partial charge in [0.15, 0.2) is 11.5 Å². The Kier molecular flexibility index (Phi) is 5.04. The summed E-state index contributed by atoms with van der Waals surface area (Å²) in [5, 5.41) is 0. The van der Waals surface area contributed by atoms with E-state index in [4.69, 9.17) is 9.47 Å². The average Bonchev–Trinajstić information content (AvgIpc) is 3.00. The second kappa shape index (κ2) is 7.97. The molecule has 5 nitrogen and oxygen atoms in total. The predicted octanol–water partition coefficient (Wildman–Crippen LogP) is 3.62. The second-order valence-electron chi connectivity index (χ2n) is 8.16. The zero-order valence-corrected chi connectivity index (χ0v) is 16.8. The SMILES string of the molecule is O=C(CCC1Cc2ccccc21)N1CCN(c2cccc3c2OCCCO3)CC1. The number of para-hydroxylation sites is 1. The minimum Gasteiger partial charge on any atom is -0.489 e. The maximum atomic E-state index is 12.7. The van der Waals surface area contributed by atoms with Gasteiger partial charge >= 0.3 is 0 Å². The lowest BCUT2D eigenvalue weighted by molar-refractivity contribution is -0.131. The number of ether oxygens (including phenoxy) is 2. The molecule has 1 aliphatic carbocycles.